The van der Waals surface area contributed by atoms with Crippen LogP contribution in [0.25, 0.3) is 0 Å². The lowest BCUT2D eigenvalue weighted by molar-refractivity contribution is 0.0277. The zero-order valence-electron chi connectivity index (χ0n) is 14.4. The molecule has 0 saturated carbocycles. The van der Waals surface area contributed by atoms with Gasteiger partial charge in [-0.1, -0.05) is 101 Å². The number of benzene rings is 1. The summed E-state index contributed by atoms with van der Waals surface area (Å²) < 4.78 is 0. The van der Waals surface area contributed by atoms with Gasteiger partial charge in [-0.25, -0.2) is 0 Å². The molecule has 1 atom stereocenters. The molecule has 0 aliphatic rings. The van der Waals surface area contributed by atoms with E-state index in [0.29, 0.717) is 6.42 Å². The Hall–Kier alpha value is -1.08. The van der Waals surface area contributed by atoms with Crippen molar-refractivity contribution < 1.29 is 5.11 Å². The van der Waals surface area contributed by atoms with Crippen molar-refractivity contribution in [3.8, 4) is 0 Å². The predicted molar refractivity (Wildman–Crippen MR) is 97.0 cm³/mol. The fourth-order valence-electron chi connectivity index (χ4n) is 3.08. The van der Waals surface area contributed by atoms with Gasteiger partial charge in [0, 0.05) is 0 Å². The van der Waals surface area contributed by atoms with Gasteiger partial charge in [0.15, 0.2) is 0 Å². The van der Waals surface area contributed by atoms with Crippen molar-refractivity contribution >= 4 is 0 Å². The first kappa shape index (κ1) is 19.0. The Kier molecular flexibility index (Phi) is 9.90. The Bertz CT molecular complexity index is 384. The van der Waals surface area contributed by atoms with Gasteiger partial charge in [0.25, 0.3) is 0 Å². The van der Waals surface area contributed by atoms with E-state index in [4.69, 9.17) is 0 Å². The first-order valence-electron chi connectivity index (χ1n) is 9.12. The van der Waals surface area contributed by atoms with Gasteiger partial charge in [0.1, 0.15) is 0 Å². The molecule has 0 spiro atoms. The van der Waals surface area contributed by atoms with Gasteiger partial charge in [0.05, 0.1) is 5.60 Å². The molecule has 1 heteroatoms. The van der Waals surface area contributed by atoms with Gasteiger partial charge in [-0.15, -0.1) is 6.58 Å². The molecule has 124 valence electrons. The lowest BCUT2D eigenvalue weighted by Crippen LogP contribution is -2.24. The summed E-state index contributed by atoms with van der Waals surface area (Å²) in [6.07, 6.45) is 15.1. The molecular weight excluding hydrogens is 268 g/mol. The van der Waals surface area contributed by atoms with E-state index in [1.165, 1.54) is 51.4 Å². The van der Waals surface area contributed by atoms with Crippen LogP contribution in [0.5, 0.6) is 0 Å². The van der Waals surface area contributed by atoms with Crippen molar-refractivity contribution in [2.24, 2.45) is 0 Å². The van der Waals surface area contributed by atoms with Gasteiger partial charge >= 0.3 is 0 Å². The summed E-state index contributed by atoms with van der Waals surface area (Å²) in [5, 5.41) is 10.9. The first-order valence-corrected chi connectivity index (χ1v) is 9.12. The Morgan fingerprint density at radius 3 is 2.00 bits per heavy atom. The van der Waals surface area contributed by atoms with Crippen LogP contribution < -0.4 is 0 Å². The summed E-state index contributed by atoms with van der Waals surface area (Å²) in [5.41, 5.74) is 0.291. The largest absolute Gasteiger partial charge is 0.385 e. The van der Waals surface area contributed by atoms with Crippen molar-refractivity contribution in [3.63, 3.8) is 0 Å². The summed E-state index contributed by atoms with van der Waals surface area (Å²) in [7, 11) is 0. The molecule has 1 N–H and O–H groups in total. The third-order valence-corrected chi connectivity index (χ3v) is 4.49. The van der Waals surface area contributed by atoms with E-state index in [0.717, 1.165) is 18.4 Å². The Morgan fingerprint density at radius 1 is 0.909 bits per heavy atom. The van der Waals surface area contributed by atoms with Crippen LogP contribution in [-0.2, 0) is 5.60 Å². The molecule has 1 rings (SSSR count). The fraction of sp³-hybridized carbons (Fsp3) is 0.619. The highest BCUT2D eigenvalue weighted by atomic mass is 16.3. The standard InChI is InChI=1S/C21H34O/c1-3-5-6-7-8-9-10-11-15-19-21(22,18-4-2)20-16-13-12-14-17-20/h4,12-14,16-17,22H,2-3,5-11,15,18-19H2,1H3. The van der Waals surface area contributed by atoms with Gasteiger partial charge < -0.3 is 5.11 Å². The van der Waals surface area contributed by atoms with E-state index in [-0.39, 0.29) is 0 Å². The van der Waals surface area contributed by atoms with Crippen LogP contribution in [0, 0.1) is 0 Å². The van der Waals surface area contributed by atoms with Crippen LogP contribution in [0.1, 0.15) is 83.1 Å². The van der Waals surface area contributed by atoms with Crippen molar-refractivity contribution in [1.29, 1.82) is 0 Å². The van der Waals surface area contributed by atoms with Crippen LogP contribution in [0.3, 0.4) is 0 Å². The third kappa shape index (κ3) is 7.26. The maximum atomic E-state index is 10.9. The minimum atomic E-state index is -0.732. The number of hydrogen-bond acceptors (Lipinski definition) is 1. The molecule has 1 aromatic carbocycles. The molecule has 0 aliphatic heterocycles. The zero-order chi connectivity index (χ0) is 16.1. The molecule has 0 fully saturated rings. The first-order chi connectivity index (χ1) is 10.7. The summed E-state index contributed by atoms with van der Waals surface area (Å²) in [6.45, 7) is 6.07. The van der Waals surface area contributed by atoms with Crippen LogP contribution in [0.4, 0.5) is 0 Å². The van der Waals surface area contributed by atoms with E-state index in [2.05, 4.69) is 13.5 Å². The Labute approximate surface area is 137 Å². The maximum Gasteiger partial charge on any atom is 0.0930 e. The predicted octanol–water partition coefficient (Wildman–Crippen LogP) is 6.37. The van der Waals surface area contributed by atoms with Crippen LogP contribution in [-0.4, -0.2) is 5.11 Å². The Balaban J connectivity index is 2.24. The van der Waals surface area contributed by atoms with E-state index in [1.54, 1.807) is 0 Å². The SMILES string of the molecule is C=CCC(O)(CCCCCCCCCCC)c1ccccc1. The topological polar surface area (TPSA) is 20.2 Å². The average Bonchev–Trinajstić information content (AvgIpc) is 2.54. The molecule has 1 aromatic rings. The second-order valence-corrected chi connectivity index (χ2v) is 6.47. The fourth-order valence-corrected chi connectivity index (χ4v) is 3.08. The lowest BCUT2D eigenvalue weighted by Gasteiger charge is -2.27. The van der Waals surface area contributed by atoms with E-state index >= 15 is 0 Å². The maximum absolute atomic E-state index is 10.9. The molecule has 1 nitrogen and oxygen atoms in total. The summed E-state index contributed by atoms with van der Waals surface area (Å²) in [5.74, 6) is 0. The number of hydrogen-bond donors (Lipinski definition) is 1. The van der Waals surface area contributed by atoms with Crippen LogP contribution in [0.2, 0.25) is 0 Å². The summed E-state index contributed by atoms with van der Waals surface area (Å²) >= 11 is 0. The van der Waals surface area contributed by atoms with Crippen LogP contribution >= 0.6 is 0 Å². The molecule has 0 heterocycles. The number of aliphatic hydroxyl groups is 1. The lowest BCUT2D eigenvalue weighted by atomic mass is 9.85. The zero-order valence-corrected chi connectivity index (χ0v) is 14.4. The number of rotatable bonds is 13. The second-order valence-electron chi connectivity index (χ2n) is 6.47. The van der Waals surface area contributed by atoms with Crippen molar-refractivity contribution in [1.82, 2.24) is 0 Å². The van der Waals surface area contributed by atoms with Crippen molar-refractivity contribution in [3.05, 3.63) is 48.6 Å². The highest BCUT2D eigenvalue weighted by Crippen LogP contribution is 2.31. The molecule has 0 radical (unpaired) electrons. The normalized spacial score (nSPS) is 13.7. The molecule has 0 bridgehead atoms. The molecule has 0 aromatic heterocycles. The van der Waals surface area contributed by atoms with Gasteiger partial charge in [-0.2, -0.15) is 0 Å². The summed E-state index contributed by atoms with van der Waals surface area (Å²) in [4.78, 5) is 0. The van der Waals surface area contributed by atoms with Crippen LogP contribution in [0.15, 0.2) is 43.0 Å². The molecule has 22 heavy (non-hydrogen) atoms. The van der Waals surface area contributed by atoms with Gasteiger partial charge in [-0.05, 0) is 18.4 Å². The van der Waals surface area contributed by atoms with Gasteiger partial charge in [0.2, 0.25) is 0 Å². The van der Waals surface area contributed by atoms with Gasteiger partial charge in [-0.3, -0.25) is 0 Å². The minimum absolute atomic E-state index is 0.633. The molecular formula is C21H34O. The average molecular weight is 303 g/mol. The third-order valence-electron chi connectivity index (χ3n) is 4.49. The molecule has 0 amide bonds. The quantitative estimate of drug-likeness (QED) is 0.331. The van der Waals surface area contributed by atoms with Crippen molar-refractivity contribution in [2.75, 3.05) is 0 Å². The van der Waals surface area contributed by atoms with E-state index < -0.39 is 5.60 Å². The van der Waals surface area contributed by atoms with Crippen molar-refractivity contribution in [2.45, 2.75) is 83.2 Å². The highest BCUT2D eigenvalue weighted by Gasteiger charge is 2.26. The monoisotopic (exact) mass is 302 g/mol. The Morgan fingerprint density at radius 2 is 1.45 bits per heavy atom. The number of unbranched alkanes of at least 4 members (excludes halogenated alkanes) is 8. The van der Waals surface area contributed by atoms with E-state index in [1.807, 2.05) is 36.4 Å². The minimum Gasteiger partial charge on any atom is -0.385 e. The highest BCUT2D eigenvalue weighted by molar-refractivity contribution is 5.23. The molecule has 0 aliphatic carbocycles. The molecule has 0 saturated heterocycles. The van der Waals surface area contributed by atoms with E-state index in [9.17, 15) is 5.11 Å². The smallest absolute Gasteiger partial charge is 0.0930 e. The summed E-state index contributed by atoms with van der Waals surface area (Å²) in [6, 6.07) is 10.0. The molecule has 1 unspecified atom stereocenters. The second kappa shape index (κ2) is 11.5.